The van der Waals surface area contributed by atoms with Gasteiger partial charge in [-0.25, -0.2) is 0 Å². The Kier molecular flexibility index (Phi) is 4.04. The van der Waals surface area contributed by atoms with Crippen molar-refractivity contribution in [2.45, 2.75) is 13.3 Å². The summed E-state index contributed by atoms with van der Waals surface area (Å²) in [5, 5.41) is 1.49. The smallest absolute Gasteiger partial charge is 0.198 e. The first-order chi connectivity index (χ1) is 8.60. The van der Waals surface area contributed by atoms with Gasteiger partial charge in [0, 0.05) is 30.5 Å². The fourth-order valence-corrected chi connectivity index (χ4v) is 2.09. The van der Waals surface area contributed by atoms with Gasteiger partial charge in [0.1, 0.15) is 5.58 Å². The van der Waals surface area contributed by atoms with Crippen LogP contribution in [0.1, 0.15) is 23.9 Å². The van der Waals surface area contributed by atoms with Gasteiger partial charge in [0.25, 0.3) is 0 Å². The molecule has 1 heterocycles. The lowest BCUT2D eigenvalue weighted by Gasteiger charge is -2.07. The molecular weight excluding hydrogens is 252 g/mol. The topological polar surface area (TPSA) is 39.4 Å². The summed E-state index contributed by atoms with van der Waals surface area (Å²) in [6, 6.07) is 7.04. The molecule has 0 bridgehead atoms. The molecule has 4 heteroatoms. The molecular formula is C14H15ClO3. The van der Waals surface area contributed by atoms with Gasteiger partial charge in [-0.1, -0.05) is 18.5 Å². The molecule has 18 heavy (non-hydrogen) atoms. The maximum Gasteiger partial charge on any atom is 0.198 e. The summed E-state index contributed by atoms with van der Waals surface area (Å²) in [4.78, 5) is 12.0. The minimum Gasteiger partial charge on any atom is -0.453 e. The number of ketones is 1. The predicted octanol–water partition coefficient (Wildman–Crippen LogP) is 3.94. The minimum absolute atomic E-state index is 0.00753. The number of benzene rings is 1. The third kappa shape index (κ3) is 2.92. The van der Waals surface area contributed by atoms with E-state index in [0.29, 0.717) is 29.4 Å². The van der Waals surface area contributed by atoms with Crippen LogP contribution in [0.4, 0.5) is 0 Å². The Labute approximate surface area is 111 Å². The lowest BCUT2D eigenvalue weighted by molar-refractivity contribution is 0.0895. The Morgan fingerprint density at radius 1 is 1.44 bits per heavy atom. The van der Waals surface area contributed by atoms with E-state index in [4.69, 9.17) is 20.8 Å². The molecule has 0 spiro atoms. The van der Waals surface area contributed by atoms with Crippen molar-refractivity contribution in [3.8, 4) is 0 Å². The van der Waals surface area contributed by atoms with Gasteiger partial charge in [-0.2, -0.15) is 0 Å². The predicted molar refractivity (Wildman–Crippen MR) is 71.2 cm³/mol. The quantitative estimate of drug-likeness (QED) is 0.770. The van der Waals surface area contributed by atoms with E-state index in [1.54, 1.807) is 31.4 Å². The third-order valence-corrected chi connectivity index (χ3v) is 2.97. The highest BCUT2D eigenvalue weighted by Gasteiger charge is 2.15. The van der Waals surface area contributed by atoms with Crippen molar-refractivity contribution < 1.29 is 13.9 Å². The van der Waals surface area contributed by atoms with Crippen molar-refractivity contribution in [1.29, 1.82) is 0 Å². The standard InChI is InChI=1S/C14H15ClO3/c1-9(8-17-2)5-12(16)14-7-10-6-11(15)3-4-13(10)18-14/h3-4,6-7,9H,5,8H2,1-2H3. The Morgan fingerprint density at radius 3 is 2.94 bits per heavy atom. The molecule has 1 aromatic carbocycles. The SMILES string of the molecule is COCC(C)CC(=O)c1cc2cc(Cl)ccc2o1. The number of hydrogen-bond acceptors (Lipinski definition) is 3. The summed E-state index contributed by atoms with van der Waals surface area (Å²) in [5.41, 5.74) is 0.683. The summed E-state index contributed by atoms with van der Waals surface area (Å²) in [5.74, 6) is 0.557. The van der Waals surface area contributed by atoms with Crippen LogP contribution in [0.25, 0.3) is 11.0 Å². The molecule has 1 aromatic heterocycles. The number of fused-ring (bicyclic) bond motifs is 1. The normalized spacial score (nSPS) is 12.8. The molecule has 1 atom stereocenters. The first-order valence-electron chi connectivity index (χ1n) is 5.81. The van der Waals surface area contributed by atoms with Crippen LogP contribution in [0.2, 0.25) is 5.02 Å². The fourth-order valence-electron chi connectivity index (χ4n) is 1.91. The minimum atomic E-state index is -0.00753. The van der Waals surface area contributed by atoms with Gasteiger partial charge >= 0.3 is 0 Å². The molecule has 2 aromatic rings. The van der Waals surface area contributed by atoms with Crippen molar-refractivity contribution in [2.24, 2.45) is 5.92 Å². The van der Waals surface area contributed by atoms with E-state index >= 15 is 0 Å². The monoisotopic (exact) mass is 266 g/mol. The van der Waals surface area contributed by atoms with Gasteiger partial charge in [0.2, 0.25) is 0 Å². The number of hydrogen-bond donors (Lipinski definition) is 0. The lowest BCUT2D eigenvalue weighted by atomic mass is 10.0. The van der Waals surface area contributed by atoms with Crippen molar-refractivity contribution >= 4 is 28.4 Å². The summed E-state index contributed by atoms with van der Waals surface area (Å²) >= 11 is 5.89. The van der Waals surface area contributed by atoms with Crippen LogP contribution < -0.4 is 0 Å². The van der Waals surface area contributed by atoms with E-state index in [-0.39, 0.29) is 11.7 Å². The van der Waals surface area contributed by atoms with Gasteiger partial charge in [-0.3, -0.25) is 4.79 Å². The number of rotatable bonds is 5. The van der Waals surface area contributed by atoms with E-state index in [0.717, 1.165) is 5.39 Å². The van der Waals surface area contributed by atoms with Gasteiger partial charge < -0.3 is 9.15 Å². The maximum atomic E-state index is 12.0. The largest absolute Gasteiger partial charge is 0.453 e. The fraction of sp³-hybridized carbons (Fsp3) is 0.357. The molecule has 0 aliphatic heterocycles. The zero-order valence-corrected chi connectivity index (χ0v) is 11.2. The van der Waals surface area contributed by atoms with E-state index in [9.17, 15) is 4.79 Å². The number of methoxy groups -OCH3 is 1. The zero-order chi connectivity index (χ0) is 13.1. The molecule has 0 amide bonds. The van der Waals surface area contributed by atoms with Crippen molar-refractivity contribution in [3.05, 3.63) is 35.0 Å². The third-order valence-electron chi connectivity index (χ3n) is 2.74. The molecule has 0 radical (unpaired) electrons. The van der Waals surface area contributed by atoms with E-state index in [1.165, 1.54) is 0 Å². The number of carbonyl (C=O) groups excluding carboxylic acids is 1. The van der Waals surface area contributed by atoms with Crippen LogP contribution in [0.5, 0.6) is 0 Å². The van der Waals surface area contributed by atoms with E-state index in [2.05, 4.69) is 0 Å². The number of furan rings is 1. The van der Waals surface area contributed by atoms with Crippen LogP contribution in [0, 0.1) is 5.92 Å². The second-order valence-electron chi connectivity index (χ2n) is 4.48. The van der Waals surface area contributed by atoms with Crippen LogP contribution in [0.15, 0.2) is 28.7 Å². The second kappa shape index (κ2) is 5.55. The van der Waals surface area contributed by atoms with Gasteiger partial charge in [0.05, 0.1) is 0 Å². The highest BCUT2D eigenvalue weighted by molar-refractivity contribution is 6.31. The van der Waals surface area contributed by atoms with Crippen molar-refractivity contribution in [2.75, 3.05) is 13.7 Å². The Hall–Kier alpha value is -1.32. The number of Topliss-reactive ketones (excluding diaryl/α,β-unsaturated/α-hetero) is 1. The van der Waals surface area contributed by atoms with E-state index in [1.807, 2.05) is 6.92 Å². The average molecular weight is 267 g/mol. The maximum absolute atomic E-state index is 12.0. The highest BCUT2D eigenvalue weighted by Crippen LogP contribution is 2.24. The van der Waals surface area contributed by atoms with Crippen LogP contribution >= 0.6 is 11.6 Å². The summed E-state index contributed by atoms with van der Waals surface area (Å²) in [7, 11) is 1.63. The van der Waals surface area contributed by atoms with Crippen molar-refractivity contribution in [3.63, 3.8) is 0 Å². The molecule has 0 N–H and O–H groups in total. The van der Waals surface area contributed by atoms with Crippen LogP contribution in [-0.2, 0) is 4.74 Å². The number of ether oxygens (including phenoxy) is 1. The summed E-state index contributed by atoms with van der Waals surface area (Å²) in [6.45, 7) is 2.54. The second-order valence-corrected chi connectivity index (χ2v) is 4.92. The molecule has 0 saturated heterocycles. The van der Waals surface area contributed by atoms with Gasteiger partial charge in [-0.05, 0) is 30.2 Å². The van der Waals surface area contributed by atoms with Crippen LogP contribution in [0.3, 0.4) is 0 Å². The van der Waals surface area contributed by atoms with Gasteiger partial charge in [-0.15, -0.1) is 0 Å². The Balaban J connectivity index is 2.18. The summed E-state index contributed by atoms with van der Waals surface area (Å²) in [6.07, 6.45) is 0.418. The number of carbonyl (C=O) groups is 1. The molecule has 0 fully saturated rings. The zero-order valence-electron chi connectivity index (χ0n) is 10.4. The molecule has 1 unspecified atom stereocenters. The first-order valence-corrected chi connectivity index (χ1v) is 6.19. The molecule has 96 valence electrons. The first kappa shape index (κ1) is 13.1. The van der Waals surface area contributed by atoms with Crippen LogP contribution in [-0.4, -0.2) is 19.5 Å². The lowest BCUT2D eigenvalue weighted by Crippen LogP contribution is -2.10. The molecule has 2 rings (SSSR count). The molecule has 3 nitrogen and oxygen atoms in total. The molecule has 0 aliphatic rings. The molecule has 0 saturated carbocycles. The number of halogens is 1. The van der Waals surface area contributed by atoms with E-state index < -0.39 is 0 Å². The van der Waals surface area contributed by atoms with Crippen molar-refractivity contribution in [1.82, 2.24) is 0 Å². The average Bonchev–Trinajstić information content (AvgIpc) is 2.72. The van der Waals surface area contributed by atoms with Gasteiger partial charge in [0.15, 0.2) is 11.5 Å². The molecule has 0 aliphatic carbocycles. The Morgan fingerprint density at radius 2 is 2.22 bits per heavy atom. The summed E-state index contributed by atoms with van der Waals surface area (Å²) < 4.78 is 10.5. The highest BCUT2D eigenvalue weighted by atomic mass is 35.5. The Bertz CT molecular complexity index is 559.